The van der Waals surface area contributed by atoms with Crippen LogP contribution in [0.25, 0.3) is 0 Å². The molecule has 0 radical (unpaired) electrons. The molecule has 0 saturated heterocycles. The average Bonchev–Trinajstić information content (AvgIpc) is 2.49. The van der Waals surface area contributed by atoms with Crippen LogP contribution in [-0.2, 0) is 0 Å². The van der Waals surface area contributed by atoms with Crippen LogP contribution in [-0.4, -0.2) is 23.8 Å². The lowest BCUT2D eigenvalue weighted by atomic mass is 10.1. The number of nitrogens with zero attached hydrogens (tertiary/aromatic N) is 1. The fourth-order valence-electron chi connectivity index (χ4n) is 1.74. The number of rotatable bonds is 3. The molecule has 0 aliphatic carbocycles. The molecule has 0 aliphatic heterocycles. The van der Waals surface area contributed by atoms with Gasteiger partial charge in [0.15, 0.2) is 0 Å². The predicted octanol–water partition coefficient (Wildman–Crippen LogP) is 2.14. The topological polar surface area (TPSA) is 71.1 Å². The molecule has 2 N–H and O–H groups in total. The summed E-state index contributed by atoms with van der Waals surface area (Å²) in [7, 11) is 1.53. The zero-order valence-electron chi connectivity index (χ0n) is 11.6. The van der Waals surface area contributed by atoms with Crippen molar-refractivity contribution in [2.45, 2.75) is 6.92 Å². The number of pyridine rings is 1. The first kappa shape index (κ1) is 14.6. The van der Waals surface area contributed by atoms with Gasteiger partial charge in [-0.05, 0) is 36.8 Å². The first-order valence-electron chi connectivity index (χ1n) is 6.27. The van der Waals surface area contributed by atoms with Crippen LogP contribution in [0.2, 0.25) is 0 Å². The lowest BCUT2D eigenvalue weighted by Crippen LogP contribution is -2.19. The number of nitrogens with one attached hydrogen (secondary N) is 2. The number of anilines is 1. The van der Waals surface area contributed by atoms with E-state index in [1.807, 2.05) is 0 Å². The quantitative estimate of drug-likeness (QED) is 0.908. The van der Waals surface area contributed by atoms with E-state index in [0.717, 1.165) is 17.8 Å². The third-order valence-electron chi connectivity index (χ3n) is 2.94. The Morgan fingerprint density at radius 3 is 2.52 bits per heavy atom. The Hall–Kier alpha value is -2.76. The van der Waals surface area contributed by atoms with Crippen LogP contribution in [0, 0.1) is 12.7 Å². The lowest BCUT2D eigenvalue weighted by Gasteiger charge is -2.10. The highest BCUT2D eigenvalue weighted by molar-refractivity contribution is 6.04. The van der Waals surface area contributed by atoms with Crippen molar-refractivity contribution in [1.82, 2.24) is 10.3 Å². The number of benzene rings is 1. The van der Waals surface area contributed by atoms with Gasteiger partial charge in [-0.25, -0.2) is 9.37 Å². The minimum Gasteiger partial charge on any atom is -0.355 e. The van der Waals surface area contributed by atoms with E-state index >= 15 is 0 Å². The molecule has 1 aromatic carbocycles. The molecule has 5 nitrogen and oxygen atoms in total. The van der Waals surface area contributed by atoms with Crippen molar-refractivity contribution in [3.63, 3.8) is 0 Å². The summed E-state index contributed by atoms with van der Waals surface area (Å²) in [6, 6.07) is 7.44. The normalized spacial score (nSPS) is 10.0. The Morgan fingerprint density at radius 1 is 1.14 bits per heavy atom. The standard InChI is InChI=1S/C15H14FN3O2/c1-9-3-4-10(14(20)17-2)7-13(9)19-15(21)12-6-5-11(16)8-18-12/h3-8H,1-2H3,(H,17,20)(H,19,21). The average molecular weight is 287 g/mol. The van der Waals surface area contributed by atoms with E-state index in [9.17, 15) is 14.0 Å². The monoisotopic (exact) mass is 287 g/mol. The third kappa shape index (κ3) is 3.42. The van der Waals surface area contributed by atoms with Gasteiger partial charge in [0.05, 0.1) is 6.20 Å². The summed E-state index contributed by atoms with van der Waals surface area (Å²) in [6.45, 7) is 1.81. The molecular formula is C15H14FN3O2. The molecule has 0 fully saturated rings. The molecule has 2 amide bonds. The molecule has 0 unspecified atom stereocenters. The van der Waals surface area contributed by atoms with Crippen LogP contribution < -0.4 is 10.6 Å². The van der Waals surface area contributed by atoms with E-state index in [0.29, 0.717) is 11.3 Å². The number of carbonyl (C=O) groups excluding carboxylic acids is 2. The summed E-state index contributed by atoms with van der Waals surface area (Å²) in [5.41, 5.74) is 1.84. The molecule has 0 saturated carbocycles. The largest absolute Gasteiger partial charge is 0.355 e. The van der Waals surface area contributed by atoms with E-state index in [1.54, 1.807) is 25.1 Å². The number of amides is 2. The highest BCUT2D eigenvalue weighted by Gasteiger charge is 2.11. The van der Waals surface area contributed by atoms with Gasteiger partial charge in [-0.1, -0.05) is 6.07 Å². The van der Waals surface area contributed by atoms with Crippen molar-refractivity contribution in [3.8, 4) is 0 Å². The van der Waals surface area contributed by atoms with Gasteiger partial charge in [-0.2, -0.15) is 0 Å². The SMILES string of the molecule is CNC(=O)c1ccc(C)c(NC(=O)c2ccc(F)cn2)c1. The van der Waals surface area contributed by atoms with Crippen LogP contribution in [0.15, 0.2) is 36.5 Å². The van der Waals surface area contributed by atoms with Crippen molar-refractivity contribution in [3.05, 3.63) is 59.2 Å². The van der Waals surface area contributed by atoms with Crippen LogP contribution in [0.4, 0.5) is 10.1 Å². The van der Waals surface area contributed by atoms with E-state index in [4.69, 9.17) is 0 Å². The molecule has 1 aromatic heterocycles. The Kier molecular flexibility index (Phi) is 4.27. The maximum Gasteiger partial charge on any atom is 0.274 e. The maximum atomic E-state index is 12.8. The molecule has 0 aliphatic rings. The molecule has 0 spiro atoms. The summed E-state index contributed by atoms with van der Waals surface area (Å²) < 4.78 is 12.8. The van der Waals surface area contributed by atoms with Gasteiger partial charge < -0.3 is 10.6 Å². The zero-order chi connectivity index (χ0) is 15.4. The Labute approximate surface area is 121 Å². The van der Waals surface area contributed by atoms with Crippen molar-refractivity contribution in [2.75, 3.05) is 12.4 Å². The molecule has 0 bridgehead atoms. The van der Waals surface area contributed by atoms with Gasteiger partial charge in [0.25, 0.3) is 11.8 Å². The minimum absolute atomic E-state index is 0.0983. The molecule has 2 aromatic rings. The maximum absolute atomic E-state index is 12.8. The fourth-order valence-corrected chi connectivity index (χ4v) is 1.74. The van der Waals surface area contributed by atoms with Gasteiger partial charge in [-0.15, -0.1) is 0 Å². The van der Waals surface area contributed by atoms with E-state index in [1.165, 1.54) is 13.1 Å². The summed E-state index contributed by atoms with van der Waals surface area (Å²) >= 11 is 0. The number of aryl methyl sites for hydroxylation is 1. The second kappa shape index (κ2) is 6.13. The van der Waals surface area contributed by atoms with Crippen LogP contribution in [0.1, 0.15) is 26.4 Å². The fraction of sp³-hybridized carbons (Fsp3) is 0.133. The molecule has 1 heterocycles. The van der Waals surface area contributed by atoms with Crippen molar-refractivity contribution in [1.29, 1.82) is 0 Å². The minimum atomic E-state index is -0.510. The van der Waals surface area contributed by atoms with Gasteiger partial charge in [0, 0.05) is 18.3 Å². The zero-order valence-corrected chi connectivity index (χ0v) is 11.6. The Bertz CT molecular complexity index is 684. The van der Waals surface area contributed by atoms with Crippen LogP contribution in [0.5, 0.6) is 0 Å². The van der Waals surface area contributed by atoms with Gasteiger partial charge in [-0.3, -0.25) is 9.59 Å². The lowest BCUT2D eigenvalue weighted by molar-refractivity contribution is 0.0961. The van der Waals surface area contributed by atoms with Gasteiger partial charge >= 0.3 is 0 Å². The van der Waals surface area contributed by atoms with Gasteiger partial charge in [0.2, 0.25) is 0 Å². The molecule has 2 rings (SSSR count). The second-order valence-electron chi connectivity index (χ2n) is 4.42. The Balaban J connectivity index is 2.24. The second-order valence-corrected chi connectivity index (χ2v) is 4.42. The molecule has 0 atom stereocenters. The summed E-state index contributed by atoms with van der Waals surface area (Å²) in [5.74, 6) is -1.22. The van der Waals surface area contributed by atoms with E-state index in [2.05, 4.69) is 15.6 Å². The first-order valence-corrected chi connectivity index (χ1v) is 6.27. The predicted molar refractivity (Wildman–Crippen MR) is 76.7 cm³/mol. The van der Waals surface area contributed by atoms with Crippen molar-refractivity contribution >= 4 is 17.5 Å². The number of carbonyl (C=O) groups is 2. The summed E-state index contributed by atoms with van der Waals surface area (Å²) in [4.78, 5) is 27.3. The highest BCUT2D eigenvalue weighted by atomic mass is 19.1. The molecule has 108 valence electrons. The highest BCUT2D eigenvalue weighted by Crippen LogP contribution is 2.17. The number of hydrogen-bond acceptors (Lipinski definition) is 3. The van der Waals surface area contributed by atoms with E-state index in [-0.39, 0.29) is 11.6 Å². The molecule has 6 heteroatoms. The number of aromatic nitrogens is 1. The Morgan fingerprint density at radius 2 is 1.90 bits per heavy atom. The summed E-state index contributed by atoms with van der Waals surface area (Å²) in [6.07, 6.45) is 0.975. The smallest absolute Gasteiger partial charge is 0.274 e. The number of halogens is 1. The number of hydrogen-bond donors (Lipinski definition) is 2. The first-order chi connectivity index (χ1) is 10.0. The van der Waals surface area contributed by atoms with Gasteiger partial charge in [0.1, 0.15) is 11.5 Å². The molecular weight excluding hydrogens is 273 g/mol. The van der Waals surface area contributed by atoms with Crippen molar-refractivity contribution < 1.29 is 14.0 Å². The summed E-state index contributed by atoms with van der Waals surface area (Å²) in [5, 5.41) is 5.17. The van der Waals surface area contributed by atoms with Crippen LogP contribution in [0.3, 0.4) is 0 Å². The van der Waals surface area contributed by atoms with E-state index < -0.39 is 11.7 Å². The van der Waals surface area contributed by atoms with Crippen LogP contribution >= 0.6 is 0 Å². The molecule has 21 heavy (non-hydrogen) atoms. The van der Waals surface area contributed by atoms with Crippen molar-refractivity contribution in [2.24, 2.45) is 0 Å². The third-order valence-corrected chi connectivity index (χ3v) is 2.94.